The molecule has 0 aliphatic heterocycles. The van der Waals surface area contributed by atoms with Gasteiger partial charge in [-0.25, -0.2) is 0 Å². The molecule has 25 heavy (non-hydrogen) atoms. The lowest BCUT2D eigenvalue weighted by Gasteiger charge is -2.15. The highest BCUT2D eigenvalue weighted by atomic mass is 16.5. The third-order valence-electron chi connectivity index (χ3n) is 3.62. The molecule has 132 valence electrons. The van der Waals surface area contributed by atoms with E-state index in [1.165, 1.54) is 33.5 Å². The minimum atomic E-state index is -0.425. The molecule has 2 aromatic rings. The van der Waals surface area contributed by atoms with E-state index in [9.17, 15) is 9.90 Å². The molecule has 0 aromatic heterocycles. The van der Waals surface area contributed by atoms with Crippen molar-refractivity contribution in [1.82, 2.24) is 0 Å². The fourth-order valence-corrected chi connectivity index (χ4v) is 2.32. The van der Waals surface area contributed by atoms with E-state index in [0.717, 1.165) is 11.3 Å². The molecule has 0 saturated heterocycles. The topological polar surface area (TPSA) is 74.2 Å². The number of hydrogen-bond donors (Lipinski definition) is 1. The number of carbonyl (C=O) groups is 1. The number of phenolic OH excluding ortho intramolecular Hbond substituents is 1. The van der Waals surface area contributed by atoms with Gasteiger partial charge in [-0.2, -0.15) is 0 Å². The summed E-state index contributed by atoms with van der Waals surface area (Å²) in [7, 11) is 5.80. The minimum absolute atomic E-state index is 0.00455. The second-order valence-corrected chi connectivity index (χ2v) is 5.01. The summed E-state index contributed by atoms with van der Waals surface area (Å²) < 4.78 is 20.6. The van der Waals surface area contributed by atoms with Gasteiger partial charge in [0.05, 0.1) is 28.4 Å². The molecule has 0 amide bonds. The van der Waals surface area contributed by atoms with Crippen molar-refractivity contribution in [2.45, 2.75) is 0 Å². The lowest BCUT2D eigenvalue weighted by Crippen LogP contribution is -2.03. The molecular formula is C19H20O6. The number of hydrogen-bond acceptors (Lipinski definition) is 6. The Bertz CT molecular complexity index is 777. The lowest BCUT2D eigenvalue weighted by molar-refractivity contribution is 0.104. The van der Waals surface area contributed by atoms with Gasteiger partial charge in [-0.3, -0.25) is 4.79 Å². The van der Waals surface area contributed by atoms with E-state index in [0.29, 0.717) is 0 Å². The van der Waals surface area contributed by atoms with Gasteiger partial charge >= 0.3 is 0 Å². The van der Waals surface area contributed by atoms with Crippen LogP contribution in [0, 0.1) is 0 Å². The van der Waals surface area contributed by atoms with Crippen molar-refractivity contribution in [3.63, 3.8) is 0 Å². The van der Waals surface area contributed by atoms with Gasteiger partial charge in [0.15, 0.2) is 17.3 Å². The Morgan fingerprint density at radius 3 is 2.08 bits per heavy atom. The van der Waals surface area contributed by atoms with Crippen LogP contribution in [0.2, 0.25) is 0 Å². The summed E-state index contributed by atoms with van der Waals surface area (Å²) in [6.07, 6.45) is 2.99. The first-order valence-corrected chi connectivity index (χ1v) is 7.44. The maximum atomic E-state index is 12.6. The number of phenols is 1. The molecule has 6 nitrogen and oxygen atoms in total. The fourth-order valence-electron chi connectivity index (χ4n) is 2.32. The van der Waals surface area contributed by atoms with E-state index in [-0.39, 0.29) is 28.6 Å². The molecule has 2 aromatic carbocycles. The summed E-state index contributed by atoms with van der Waals surface area (Å²) in [5.41, 5.74) is 0.818. The molecule has 0 spiro atoms. The third-order valence-corrected chi connectivity index (χ3v) is 3.62. The Labute approximate surface area is 146 Å². The molecule has 2 rings (SSSR count). The maximum Gasteiger partial charge on any atom is 0.204 e. The Kier molecular flexibility index (Phi) is 5.89. The van der Waals surface area contributed by atoms with Crippen molar-refractivity contribution in [2.75, 3.05) is 28.4 Å². The monoisotopic (exact) mass is 344 g/mol. The Morgan fingerprint density at radius 1 is 0.920 bits per heavy atom. The zero-order chi connectivity index (χ0) is 18.4. The molecule has 0 bridgehead atoms. The average molecular weight is 344 g/mol. The second-order valence-electron chi connectivity index (χ2n) is 5.01. The van der Waals surface area contributed by atoms with E-state index in [1.54, 1.807) is 25.3 Å². The van der Waals surface area contributed by atoms with Crippen LogP contribution in [0.1, 0.15) is 15.9 Å². The van der Waals surface area contributed by atoms with E-state index in [1.807, 2.05) is 12.1 Å². The molecule has 1 N–H and O–H groups in total. The quantitative estimate of drug-likeness (QED) is 0.613. The molecule has 0 radical (unpaired) electrons. The minimum Gasteiger partial charge on any atom is -0.504 e. The average Bonchev–Trinajstić information content (AvgIpc) is 2.65. The highest BCUT2D eigenvalue weighted by Gasteiger charge is 2.23. The molecule has 0 atom stereocenters. The lowest BCUT2D eigenvalue weighted by atomic mass is 10.1. The van der Waals surface area contributed by atoms with Crippen LogP contribution in [0.25, 0.3) is 6.08 Å². The van der Waals surface area contributed by atoms with Crippen LogP contribution in [-0.2, 0) is 0 Å². The highest BCUT2D eigenvalue weighted by Crippen LogP contribution is 2.44. The highest BCUT2D eigenvalue weighted by molar-refractivity contribution is 6.11. The van der Waals surface area contributed by atoms with Crippen LogP contribution in [-0.4, -0.2) is 39.3 Å². The van der Waals surface area contributed by atoms with Crippen molar-refractivity contribution in [2.24, 2.45) is 0 Å². The zero-order valence-corrected chi connectivity index (χ0v) is 14.5. The number of methoxy groups -OCH3 is 4. The van der Waals surface area contributed by atoms with Gasteiger partial charge in [0.2, 0.25) is 5.75 Å². The van der Waals surface area contributed by atoms with Crippen molar-refractivity contribution >= 4 is 11.9 Å². The Balaban J connectivity index is 2.38. The van der Waals surface area contributed by atoms with Crippen molar-refractivity contribution < 1.29 is 28.8 Å². The van der Waals surface area contributed by atoms with Crippen molar-refractivity contribution in [1.29, 1.82) is 0 Å². The largest absolute Gasteiger partial charge is 0.504 e. The summed E-state index contributed by atoms with van der Waals surface area (Å²) in [6.45, 7) is 0. The first-order valence-electron chi connectivity index (χ1n) is 7.44. The number of benzene rings is 2. The summed E-state index contributed by atoms with van der Waals surface area (Å²) in [6, 6.07) is 8.70. The zero-order valence-electron chi connectivity index (χ0n) is 14.5. The van der Waals surface area contributed by atoms with Crippen LogP contribution >= 0.6 is 0 Å². The normalized spacial score (nSPS) is 10.6. The van der Waals surface area contributed by atoms with Gasteiger partial charge in [-0.15, -0.1) is 0 Å². The predicted molar refractivity (Wildman–Crippen MR) is 94.1 cm³/mol. The summed E-state index contributed by atoms with van der Waals surface area (Å²) in [5, 5.41) is 10.4. The maximum absolute atomic E-state index is 12.6. The molecule has 0 unspecified atom stereocenters. The van der Waals surface area contributed by atoms with E-state index in [4.69, 9.17) is 18.9 Å². The Morgan fingerprint density at radius 2 is 1.56 bits per heavy atom. The van der Waals surface area contributed by atoms with Gasteiger partial charge < -0.3 is 24.1 Å². The molecule has 0 aliphatic carbocycles. The summed E-state index contributed by atoms with van der Waals surface area (Å²) in [4.78, 5) is 12.6. The number of ether oxygens (including phenoxy) is 4. The number of rotatable bonds is 7. The summed E-state index contributed by atoms with van der Waals surface area (Å²) in [5.74, 6) is 0.508. The summed E-state index contributed by atoms with van der Waals surface area (Å²) >= 11 is 0. The number of carbonyl (C=O) groups excluding carboxylic acids is 1. The van der Waals surface area contributed by atoms with Crippen LogP contribution in [0.3, 0.4) is 0 Å². The SMILES string of the molecule is COc1ccc(/C=C\C(=O)c2c(OC)cc(OC)c(OC)c2O)cc1. The predicted octanol–water partition coefficient (Wildman–Crippen LogP) is 3.32. The van der Waals surface area contributed by atoms with Crippen LogP contribution in [0.15, 0.2) is 36.4 Å². The van der Waals surface area contributed by atoms with Gasteiger partial charge in [0.25, 0.3) is 0 Å². The molecule has 0 heterocycles. The van der Waals surface area contributed by atoms with E-state index >= 15 is 0 Å². The van der Waals surface area contributed by atoms with Crippen molar-refractivity contribution in [3.05, 3.63) is 47.5 Å². The van der Waals surface area contributed by atoms with Crippen LogP contribution < -0.4 is 18.9 Å². The molecule has 6 heteroatoms. The van der Waals surface area contributed by atoms with Crippen LogP contribution in [0.5, 0.6) is 28.7 Å². The first-order chi connectivity index (χ1) is 12.0. The van der Waals surface area contributed by atoms with Gasteiger partial charge in [-0.05, 0) is 23.8 Å². The molecule has 0 saturated carbocycles. The molecular weight excluding hydrogens is 324 g/mol. The number of allylic oxidation sites excluding steroid dienone is 1. The van der Waals surface area contributed by atoms with E-state index in [2.05, 4.69) is 0 Å². The van der Waals surface area contributed by atoms with Gasteiger partial charge in [0, 0.05) is 6.07 Å². The Hall–Kier alpha value is -3.15. The molecule has 0 aliphatic rings. The standard InChI is InChI=1S/C19H20O6/c1-22-13-8-5-12(6-9-13)7-10-14(20)17-15(23-2)11-16(24-3)19(25-4)18(17)21/h5-11,21H,1-4H3/b10-7-. The smallest absolute Gasteiger partial charge is 0.204 e. The van der Waals surface area contributed by atoms with Gasteiger partial charge in [-0.1, -0.05) is 18.2 Å². The van der Waals surface area contributed by atoms with Gasteiger partial charge in [0.1, 0.15) is 17.1 Å². The first kappa shape index (κ1) is 18.2. The number of aromatic hydroxyl groups is 1. The van der Waals surface area contributed by atoms with Crippen molar-refractivity contribution in [3.8, 4) is 28.7 Å². The van der Waals surface area contributed by atoms with E-state index < -0.39 is 5.78 Å². The third kappa shape index (κ3) is 3.85. The second kappa shape index (κ2) is 8.10. The number of ketones is 1. The fraction of sp³-hybridized carbons (Fsp3) is 0.211. The molecule has 0 fully saturated rings. The van der Waals surface area contributed by atoms with Crippen LogP contribution in [0.4, 0.5) is 0 Å².